The first-order chi connectivity index (χ1) is 6.66. The summed E-state index contributed by atoms with van der Waals surface area (Å²) < 4.78 is 14.6. The number of H-pyrrole nitrogens is 1. The molecule has 0 fully saturated rings. The van der Waals surface area contributed by atoms with Crippen LogP contribution in [0.25, 0.3) is 5.69 Å². The molecular weight excluding hydrogens is 185 g/mol. The fourth-order valence-corrected chi connectivity index (χ4v) is 1.20. The van der Waals surface area contributed by atoms with E-state index in [-0.39, 0.29) is 5.69 Å². The Kier molecular flexibility index (Phi) is 1.92. The molecule has 1 aromatic heterocycles. The maximum atomic E-state index is 13.4. The van der Waals surface area contributed by atoms with E-state index in [0.29, 0.717) is 0 Å². The van der Waals surface area contributed by atoms with Crippen LogP contribution >= 0.6 is 0 Å². The van der Waals surface area contributed by atoms with Crippen LogP contribution in [0.2, 0.25) is 0 Å². The lowest BCUT2D eigenvalue weighted by Crippen LogP contribution is -2.06. The van der Waals surface area contributed by atoms with Crippen LogP contribution < -0.4 is 5.69 Å². The fraction of sp³-hybridized carbons (Fsp3) is 0.111. The molecule has 0 atom stereocenters. The van der Waals surface area contributed by atoms with E-state index in [2.05, 4.69) is 10.1 Å². The maximum absolute atomic E-state index is 13.4. The minimum atomic E-state index is -0.495. The Bertz CT molecular complexity index is 515. The number of hydrogen-bond donors (Lipinski definition) is 1. The summed E-state index contributed by atoms with van der Waals surface area (Å²) in [7, 11) is 0. The number of nitrogens with one attached hydrogen (secondary N) is 1. The van der Waals surface area contributed by atoms with Gasteiger partial charge in [0.2, 0.25) is 0 Å². The van der Waals surface area contributed by atoms with Gasteiger partial charge in [0.1, 0.15) is 12.1 Å². The fourth-order valence-electron chi connectivity index (χ4n) is 1.20. The van der Waals surface area contributed by atoms with Crippen molar-refractivity contribution in [1.29, 1.82) is 0 Å². The Labute approximate surface area is 79.0 Å². The molecule has 0 aliphatic heterocycles. The Morgan fingerprint density at radius 1 is 1.50 bits per heavy atom. The summed E-state index contributed by atoms with van der Waals surface area (Å²) in [5.74, 6) is -0.390. The molecule has 0 saturated carbocycles. The molecule has 0 spiro atoms. The van der Waals surface area contributed by atoms with Gasteiger partial charge in [-0.1, -0.05) is 6.07 Å². The first-order valence-electron chi connectivity index (χ1n) is 4.07. The van der Waals surface area contributed by atoms with Gasteiger partial charge in [-0.15, -0.1) is 0 Å². The molecule has 1 heterocycles. The largest absolute Gasteiger partial charge is 0.361 e. The summed E-state index contributed by atoms with van der Waals surface area (Å²) in [4.78, 5) is 14.2. The maximum Gasteiger partial charge on any atom is 0.361 e. The summed E-state index contributed by atoms with van der Waals surface area (Å²) in [5, 5.41) is 2.36. The van der Waals surface area contributed by atoms with Gasteiger partial charge in [-0.25, -0.2) is 19.0 Å². The van der Waals surface area contributed by atoms with Gasteiger partial charge in [-0.05, 0) is 24.6 Å². The lowest BCUT2D eigenvalue weighted by atomic mass is 10.2. The average molecular weight is 193 g/mol. The number of benzene rings is 1. The second-order valence-electron chi connectivity index (χ2n) is 2.99. The number of halogens is 1. The summed E-state index contributed by atoms with van der Waals surface area (Å²) in [6.45, 7) is 1.80. The molecule has 2 aromatic rings. The van der Waals surface area contributed by atoms with Crippen LogP contribution in [0.15, 0.2) is 29.3 Å². The molecule has 2 rings (SSSR count). The molecule has 1 N–H and O–H groups in total. The molecule has 0 aliphatic rings. The van der Waals surface area contributed by atoms with Crippen LogP contribution in [-0.4, -0.2) is 14.8 Å². The van der Waals surface area contributed by atoms with E-state index in [1.807, 2.05) is 0 Å². The van der Waals surface area contributed by atoms with Crippen LogP contribution in [0, 0.1) is 12.7 Å². The van der Waals surface area contributed by atoms with Gasteiger partial charge in [0.05, 0.1) is 5.69 Å². The molecular formula is C9H8FN3O. The SMILES string of the molecule is Cc1ccc(-n2cnc(=O)[nH]2)c(F)c1. The van der Waals surface area contributed by atoms with E-state index in [4.69, 9.17) is 0 Å². The van der Waals surface area contributed by atoms with Crippen molar-refractivity contribution in [2.75, 3.05) is 0 Å². The van der Waals surface area contributed by atoms with Crippen LogP contribution in [0.3, 0.4) is 0 Å². The second-order valence-corrected chi connectivity index (χ2v) is 2.99. The van der Waals surface area contributed by atoms with Gasteiger partial charge < -0.3 is 0 Å². The number of nitrogens with zero attached hydrogens (tertiary/aromatic N) is 2. The molecule has 0 saturated heterocycles. The van der Waals surface area contributed by atoms with E-state index >= 15 is 0 Å². The normalized spacial score (nSPS) is 10.4. The average Bonchev–Trinajstić information content (AvgIpc) is 2.51. The highest BCUT2D eigenvalue weighted by molar-refractivity contribution is 5.34. The number of aryl methyl sites for hydroxylation is 1. The van der Waals surface area contributed by atoms with Gasteiger partial charge >= 0.3 is 5.69 Å². The minimum Gasteiger partial charge on any atom is -0.244 e. The topological polar surface area (TPSA) is 50.7 Å². The molecule has 14 heavy (non-hydrogen) atoms. The van der Waals surface area contributed by atoms with Crippen molar-refractivity contribution in [1.82, 2.24) is 14.8 Å². The molecule has 4 nitrogen and oxygen atoms in total. The van der Waals surface area contributed by atoms with E-state index in [1.165, 1.54) is 17.1 Å². The Morgan fingerprint density at radius 3 is 2.86 bits per heavy atom. The summed E-state index contributed by atoms with van der Waals surface area (Å²) in [5.41, 5.74) is 0.615. The van der Waals surface area contributed by atoms with Crippen molar-refractivity contribution in [3.05, 3.63) is 46.4 Å². The quantitative estimate of drug-likeness (QED) is 0.734. The molecule has 0 radical (unpaired) electrons. The highest BCUT2D eigenvalue weighted by atomic mass is 19.1. The summed E-state index contributed by atoms with van der Waals surface area (Å²) >= 11 is 0. The standard InChI is InChI=1S/C9H8FN3O/c1-6-2-3-8(7(10)4-6)13-5-11-9(14)12-13/h2-5H,1H3,(H,12,14). The molecule has 0 aliphatic carbocycles. The van der Waals surface area contributed by atoms with Crippen molar-refractivity contribution < 1.29 is 4.39 Å². The third kappa shape index (κ3) is 1.44. The molecule has 0 bridgehead atoms. The number of hydrogen-bond acceptors (Lipinski definition) is 2. The van der Waals surface area contributed by atoms with Gasteiger partial charge in [0.25, 0.3) is 0 Å². The third-order valence-corrected chi connectivity index (χ3v) is 1.87. The lowest BCUT2D eigenvalue weighted by molar-refractivity contribution is 0.609. The van der Waals surface area contributed by atoms with Crippen molar-refractivity contribution in [3.8, 4) is 5.69 Å². The molecule has 5 heteroatoms. The first-order valence-corrected chi connectivity index (χ1v) is 4.07. The predicted molar refractivity (Wildman–Crippen MR) is 48.9 cm³/mol. The van der Waals surface area contributed by atoms with E-state index in [1.54, 1.807) is 19.1 Å². The first kappa shape index (κ1) is 8.68. The minimum absolute atomic E-state index is 0.283. The zero-order valence-corrected chi connectivity index (χ0v) is 7.49. The zero-order valence-electron chi connectivity index (χ0n) is 7.49. The molecule has 0 amide bonds. The van der Waals surface area contributed by atoms with Crippen molar-refractivity contribution in [3.63, 3.8) is 0 Å². The van der Waals surface area contributed by atoms with Crippen LogP contribution in [0.5, 0.6) is 0 Å². The van der Waals surface area contributed by atoms with Gasteiger partial charge in [0, 0.05) is 0 Å². The summed E-state index contributed by atoms with van der Waals surface area (Å²) in [6.07, 6.45) is 1.25. The van der Waals surface area contributed by atoms with E-state index in [9.17, 15) is 9.18 Å². The van der Waals surface area contributed by atoms with Gasteiger partial charge in [-0.2, -0.15) is 4.98 Å². The van der Waals surface area contributed by atoms with Crippen molar-refractivity contribution in [2.45, 2.75) is 6.92 Å². The Morgan fingerprint density at radius 2 is 2.29 bits per heavy atom. The van der Waals surface area contributed by atoms with Crippen LogP contribution in [-0.2, 0) is 0 Å². The number of aromatic nitrogens is 3. The van der Waals surface area contributed by atoms with Crippen LogP contribution in [0.1, 0.15) is 5.56 Å². The zero-order chi connectivity index (χ0) is 10.1. The number of aromatic amines is 1. The Balaban J connectivity index is 2.57. The summed E-state index contributed by atoms with van der Waals surface area (Å²) in [6, 6.07) is 4.74. The molecule has 0 unspecified atom stereocenters. The van der Waals surface area contributed by atoms with Crippen molar-refractivity contribution in [2.24, 2.45) is 0 Å². The number of rotatable bonds is 1. The molecule has 1 aromatic carbocycles. The van der Waals surface area contributed by atoms with Crippen molar-refractivity contribution >= 4 is 0 Å². The van der Waals surface area contributed by atoms with Gasteiger partial charge in [-0.3, -0.25) is 0 Å². The van der Waals surface area contributed by atoms with Crippen LogP contribution in [0.4, 0.5) is 4.39 Å². The second kappa shape index (κ2) is 3.10. The predicted octanol–water partition coefficient (Wildman–Crippen LogP) is 1.01. The molecule has 72 valence electrons. The highest BCUT2D eigenvalue weighted by Crippen LogP contribution is 2.12. The monoisotopic (exact) mass is 193 g/mol. The highest BCUT2D eigenvalue weighted by Gasteiger charge is 2.04. The third-order valence-electron chi connectivity index (χ3n) is 1.87. The lowest BCUT2D eigenvalue weighted by Gasteiger charge is -2.03. The Hall–Kier alpha value is -1.91. The van der Waals surface area contributed by atoms with E-state index in [0.717, 1.165) is 5.56 Å². The smallest absolute Gasteiger partial charge is 0.244 e. The van der Waals surface area contributed by atoms with Gasteiger partial charge in [0.15, 0.2) is 0 Å². The van der Waals surface area contributed by atoms with E-state index < -0.39 is 11.5 Å².